The predicted molar refractivity (Wildman–Crippen MR) is 114 cm³/mol. The molecule has 3 nitrogen and oxygen atoms in total. The molecule has 0 spiro atoms. The average Bonchev–Trinajstić information content (AvgIpc) is 3.03. The summed E-state index contributed by atoms with van der Waals surface area (Å²) < 4.78 is 2.34. The molecule has 1 N–H and O–H groups in total. The SMILES string of the molecule is CCC[Si]1(C)C2=CC(=O)C=CC2=Nc2ccc(O)c(-c3ccc(Br)[se]3)c21. The molecule has 132 valence electrons. The molecule has 6 heteroatoms. The van der Waals surface area contributed by atoms with E-state index >= 15 is 0 Å². The van der Waals surface area contributed by atoms with E-state index in [0.29, 0.717) is 5.75 Å². The Morgan fingerprint density at radius 2 is 2.04 bits per heavy atom. The quantitative estimate of drug-likeness (QED) is 0.516. The van der Waals surface area contributed by atoms with Crippen molar-refractivity contribution >= 4 is 60.9 Å². The first-order valence-corrected chi connectivity index (χ1v) is 13.8. The third-order valence-electron chi connectivity index (χ3n) is 5.09. The summed E-state index contributed by atoms with van der Waals surface area (Å²) in [7, 11) is -2.20. The second kappa shape index (κ2) is 6.61. The number of fused-ring (bicyclic) bond motifs is 2. The van der Waals surface area contributed by atoms with Crippen LogP contribution in [-0.2, 0) is 4.79 Å². The number of ketones is 1. The number of carbonyl (C=O) groups is 1. The minimum atomic E-state index is -2.20. The molecule has 0 amide bonds. The molecule has 0 bridgehead atoms. The number of benzene rings is 1. The van der Waals surface area contributed by atoms with Gasteiger partial charge in [-0.15, -0.1) is 0 Å². The van der Waals surface area contributed by atoms with Gasteiger partial charge in [-0.2, -0.15) is 0 Å². The first-order chi connectivity index (χ1) is 12.4. The van der Waals surface area contributed by atoms with E-state index in [1.165, 1.54) is 13.0 Å². The van der Waals surface area contributed by atoms with Gasteiger partial charge in [0.1, 0.15) is 0 Å². The van der Waals surface area contributed by atoms with E-state index < -0.39 is 8.07 Å². The van der Waals surface area contributed by atoms with Gasteiger partial charge in [0.25, 0.3) is 0 Å². The van der Waals surface area contributed by atoms with Gasteiger partial charge in [0.2, 0.25) is 0 Å². The van der Waals surface area contributed by atoms with Crippen LogP contribution in [0.2, 0.25) is 12.6 Å². The number of aromatic hydroxyl groups is 1. The molecule has 2 heterocycles. The molecule has 0 radical (unpaired) electrons. The maximum absolute atomic E-state index is 12.1. The van der Waals surface area contributed by atoms with Gasteiger partial charge in [-0.05, 0) is 0 Å². The fourth-order valence-corrected chi connectivity index (χ4v) is 11.4. The number of hydrogen-bond donors (Lipinski definition) is 1. The fourth-order valence-electron chi connectivity index (χ4n) is 4.01. The molecule has 26 heavy (non-hydrogen) atoms. The summed E-state index contributed by atoms with van der Waals surface area (Å²) in [6, 6.07) is 8.87. The van der Waals surface area contributed by atoms with Gasteiger partial charge in [0, 0.05) is 0 Å². The zero-order valence-electron chi connectivity index (χ0n) is 14.5. The second-order valence-electron chi connectivity index (χ2n) is 6.83. The molecular weight excluding hydrogens is 473 g/mol. The normalized spacial score (nSPS) is 21.1. The van der Waals surface area contributed by atoms with Crippen LogP contribution in [0.5, 0.6) is 5.75 Å². The van der Waals surface area contributed by atoms with E-state index in [1.54, 1.807) is 18.2 Å². The fraction of sp³-hybridized carbons (Fsp3) is 0.200. The number of phenolic OH excluding ortho intramolecular Hbond substituents is 1. The Balaban J connectivity index is 2.07. The standard InChI is InChI=1S/C20H18BrNO2SeSi/c1-3-10-26(2)17-11-12(23)4-5-13(17)22-14-6-7-15(24)19(20(14)26)16-8-9-18(21)25-16/h4-9,11,24H,3,10H2,1-2H3. The second-order valence-corrected chi connectivity index (χ2v) is 15.3. The molecular formula is C20H18BrNO2SeSi. The van der Waals surface area contributed by atoms with Crippen molar-refractivity contribution in [2.75, 3.05) is 0 Å². The molecule has 1 aromatic carbocycles. The van der Waals surface area contributed by atoms with Crippen LogP contribution in [0.3, 0.4) is 0 Å². The number of rotatable bonds is 3. The van der Waals surface area contributed by atoms with E-state index in [0.717, 1.165) is 34.6 Å². The summed E-state index contributed by atoms with van der Waals surface area (Å²) in [4.78, 5) is 17.0. The van der Waals surface area contributed by atoms with Crippen LogP contribution in [0, 0.1) is 0 Å². The number of hydrogen-bond acceptors (Lipinski definition) is 3. The van der Waals surface area contributed by atoms with Crippen LogP contribution in [0.1, 0.15) is 13.3 Å². The molecule has 1 aliphatic carbocycles. The first kappa shape index (κ1) is 17.9. The third-order valence-corrected chi connectivity index (χ3v) is 12.8. The number of carbonyl (C=O) groups excluding carboxylic acids is 1. The predicted octanol–water partition coefficient (Wildman–Crippen LogP) is 4.26. The van der Waals surface area contributed by atoms with Crippen LogP contribution >= 0.6 is 15.9 Å². The van der Waals surface area contributed by atoms with Crippen LogP contribution in [-0.4, -0.2) is 39.2 Å². The summed E-state index contributed by atoms with van der Waals surface area (Å²) in [5.41, 5.74) is 2.81. The molecule has 1 aliphatic heterocycles. The monoisotopic (exact) mass is 491 g/mol. The van der Waals surface area contributed by atoms with Crippen molar-refractivity contribution in [3.05, 3.63) is 51.0 Å². The summed E-state index contributed by atoms with van der Waals surface area (Å²) >= 11 is 3.74. The van der Waals surface area contributed by atoms with Gasteiger partial charge < -0.3 is 0 Å². The number of halogens is 1. The zero-order chi connectivity index (χ0) is 18.5. The molecule has 4 rings (SSSR count). The zero-order valence-corrected chi connectivity index (χ0v) is 18.8. The Morgan fingerprint density at radius 1 is 1.23 bits per heavy atom. The molecule has 2 aromatic rings. The van der Waals surface area contributed by atoms with Gasteiger partial charge in [0.15, 0.2) is 0 Å². The molecule has 1 unspecified atom stereocenters. The van der Waals surface area contributed by atoms with Gasteiger partial charge >= 0.3 is 168 Å². The average molecular weight is 491 g/mol. The topological polar surface area (TPSA) is 49.7 Å². The summed E-state index contributed by atoms with van der Waals surface area (Å²) in [5, 5.41) is 13.0. The molecule has 1 atom stereocenters. The van der Waals surface area contributed by atoms with Crippen LogP contribution in [0.15, 0.2) is 56.0 Å². The third kappa shape index (κ3) is 2.76. The molecule has 0 saturated carbocycles. The van der Waals surface area contributed by atoms with E-state index in [-0.39, 0.29) is 20.3 Å². The number of allylic oxidation sites excluding steroid dienone is 4. The van der Waals surface area contributed by atoms with Gasteiger partial charge in [-0.1, -0.05) is 0 Å². The van der Waals surface area contributed by atoms with E-state index in [1.807, 2.05) is 12.1 Å². The van der Waals surface area contributed by atoms with Crippen molar-refractivity contribution in [2.45, 2.75) is 25.9 Å². The van der Waals surface area contributed by atoms with E-state index in [2.05, 4.69) is 41.5 Å². The Kier molecular flexibility index (Phi) is 4.56. The summed E-state index contributed by atoms with van der Waals surface area (Å²) in [6.45, 7) is 4.50. The minimum absolute atomic E-state index is 0.0349. The number of phenols is 1. The summed E-state index contributed by atoms with van der Waals surface area (Å²) in [5.74, 6) is 0.354. The molecule has 2 aliphatic rings. The van der Waals surface area contributed by atoms with Gasteiger partial charge in [-0.3, -0.25) is 0 Å². The molecule has 0 saturated heterocycles. The van der Waals surface area contributed by atoms with Crippen LogP contribution in [0.25, 0.3) is 10.0 Å². The van der Waals surface area contributed by atoms with Crippen molar-refractivity contribution < 1.29 is 9.90 Å². The van der Waals surface area contributed by atoms with Crippen LogP contribution in [0.4, 0.5) is 5.69 Å². The Morgan fingerprint density at radius 3 is 2.73 bits per heavy atom. The van der Waals surface area contributed by atoms with E-state index in [9.17, 15) is 9.90 Å². The van der Waals surface area contributed by atoms with Crippen molar-refractivity contribution in [3.8, 4) is 15.8 Å². The summed E-state index contributed by atoms with van der Waals surface area (Å²) in [6.07, 6.45) is 6.26. The van der Waals surface area contributed by atoms with Crippen molar-refractivity contribution in [1.82, 2.24) is 0 Å². The number of nitrogens with zero attached hydrogens (tertiary/aromatic N) is 1. The Labute approximate surface area is 168 Å². The van der Waals surface area contributed by atoms with Crippen LogP contribution < -0.4 is 5.19 Å². The maximum atomic E-state index is 12.1. The Hall–Kier alpha value is -1.46. The Bertz CT molecular complexity index is 1020. The first-order valence-electron chi connectivity index (χ1n) is 8.59. The molecule has 0 fully saturated rings. The van der Waals surface area contributed by atoms with Gasteiger partial charge in [-0.25, -0.2) is 0 Å². The van der Waals surface area contributed by atoms with Crippen molar-refractivity contribution in [2.24, 2.45) is 4.99 Å². The van der Waals surface area contributed by atoms with Crippen molar-refractivity contribution in [1.29, 1.82) is 0 Å². The number of aliphatic imine (C=N–C) groups is 1. The van der Waals surface area contributed by atoms with E-state index in [4.69, 9.17) is 4.99 Å². The van der Waals surface area contributed by atoms with Crippen molar-refractivity contribution in [3.63, 3.8) is 0 Å². The molecule has 1 aromatic heterocycles. The van der Waals surface area contributed by atoms with Gasteiger partial charge in [0.05, 0.1) is 0 Å².